The molecule has 0 unspecified atom stereocenters. The van der Waals surface area contributed by atoms with Crippen LogP contribution in [0.5, 0.6) is 0 Å². The number of rotatable bonds is 8. The Balaban J connectivity index is -0.000000115. The van der Waals surface area contributed by atoms with Crippen molar-refractivity contribution in [3.8, 4) is 0 Å². The van der Waals surface area contributed by atoms with Gasteiger partial charge in [-0.25, -0.2) is 4.57 Å². The molecule has 0 aromatic carbocycles. The van der Waals surface area contributed by atoms with Crippen molar-refractivity contribution >= 4 is 18.2 Å². The zero-order valence-electron chi connectivity index (χ0n) is 13.6. The SMILES string of the molecule is O=P(O)(O)OS(=O)(=O)O.[CH2-]CCC.[CH2-]CCCCCCC.[Zn+2]. The van der Waals surface area contributed by atoms with E-state index in [-0.39, 0.29) is 19.5 Å². The number of unbranched alkanes of at least 4 members (excludes halogenated alkanes) is 6. The van der Waals surface area contributed by atoms with Gasteiger partial charge >= 0.3 is 37.7 Å². The van der Waals surface area contributed by atoms with Gasteiger partial charge in [0.15, 0.2) is 0 Å². The summed E-state index contributed by atoms with van der Waals surface area (Å²) in [6.07, 6.45) is 10.3. The van der Waals surface area contributed by atoms with Crippen molar-refractivity contribution in [3.63, 3.8) is 0 Å². The summed E-state index contributed by atoms with van der Waals surface area (Å²) < 4.78 is 39.0. The van der Waals surface area contributed by atoms with Crippen molar-refractivity contribution in [2.45, 2.75) is 65.2 Å². The molecule has 0 bridgehead atoms. The van der Waals surface area contributed by atoms with Crippen molar-refractivity contribution in [2.75, 3.05) is 0 Å². The molecule has 0 amide bonds. The van der Waals surface area contributed by atoms with Crippen LogP contribution in [0.15, 0.2) is 0 Å². The van der Waals surface area contributed by atoms with E-state index in [0.717, 1.165) is 12.8 Å². The summed E-state index contributed by atoms with van der Waals surface area (Å²) >= 11 is 0. The summed E-state index contributed by atoms with van der Waals surface area (Å²) in [5.74, 6) is 0. The first-order valence-electron chi connectivity index (χ1n) is 6.86. The predicted molar refractivity (Wildman–Crippen MR) is 83.7 cm³/mol. The fourth-order valence-corrected chi connectivity index (χ4v) is 1.88. The molecule has 0 heterocycles. The normalized spacial score (nSPS) is 10.5. The van der Waals surface area contributed by atoms with Gasteiger partial charge in [0.25, 0.3) is 0 Å². The second-order valence-corrected chi connectivity index (χ2v) is 6.55. The summed E-state index contributed by atoms with van der Waals surface area (Å²) in [6, 6.07) is 0. The van der Waals surface area contributed by atoms with Gasteiger partial charge in [-0.05, 0) is 0 Å². The fraction of sp³-hybridized carbons (Fsp3) is 0.833. The second kappa shape index (κ2) is 19.7. The Morgan fingerprint density at radius 1 is 0.955 bits per heavy atom. The number of hydrogen-bond acceptors (Lipinski definition) is 4. The quantitative estimate of drug-likeness (QED) is 0.182. The van der Waals surface area contributed by atoms with Gasteiger partial charge in [-0.2, -0.15) is 21.3 Å². The molecule has 0 rings (SSSR count). The van der Waals surface area contributed by atoms with E-state index >= 15 is 0 Å². The van der Waals surface area contributed by atoms with Crippen molar-refractivity contribution in [1.82, 2.24) is 0 Å². The van der Waals surface area contributed by atoms with Crippen LogP contribution in [0.25, 0.3) is 0 Å². The van der Waals surface area contributed by atoms with Gasteiger partial charge in [-0.15, -0.1) is 3.97 Å². The molecule has 0 fully saturated rings. The Morgan fingerprint density at radius 2 is 1.36 bits per heavy atom. The van der Waals surface area contributed by atoms with Gasteiger partial charge in [-0.3, -0.25) is 4.55 Å². The third-order valence-corrected chi connectivity index (χ3v) is 3.43. The molecule has 10 heteroatoms. The van der Waals surface area contributed by atoms with Crippen molar-refractivity contribution in [2.24, 2.45) is 0 Å². The molecule has 0 spiro atoms. The second-order valence-electron chi connectivity index (χ2n) is 4.11. The first-order valence-corrected chi connectivity index (χ1v) is 9.76. The van der Waals surface area contributed by atoms with Gasteiger partial charge in [0.1, 0.15) is 0 Å². The predicted octanol–water partition coefficient (Wildman–Crippen LogP) is 3.70. The Bertz CT molecular complexity index is 335. The van der Waals surface area contributed by atoms with E-state index in [0.29, 0.717) is 0 Å². The van der Waals surface area contributed by atoms with Gasteiger partial charge in [0.05, 0.1) is 0 Å². The number of hydrogen-bond donors (Lipinski definition) is 3. The molecular weight excluding hydrogens is 385 g/mol. The minimum absolute atomic E-state index is 0. The molecule has 0 radical (unpaired) electrons. The maximum absolute atomic E-state index is 9.58. The van der Waals surface area contributed by atoms with Crippen LogP contribution in [0.2, 0.25) is 0 Å². The molecule has 0 aliphatic rings. The first kappa shape index (κ1) is 30.5. The molecule has 7 nitrogen and oxygen atoms in total. The van der Waals surface area contributed by atoms with Crippen molar-refractivity contribution < 1.29 is 50.8 Å². The Kier molecular flexibility index (Phi) is 27.3. The zero-order chi connectivity index (χ0) is 17.4. The summed E-state index contributed by atoms with van der Waals surface area (Å²) in [6.45, 7) is 11.7. The smallest absolute Gasteiger partial charge is 0.343 e. The molecule has 3 N–H and O–H groups in total. The molecule has 0 aliphatic heterocycles. The third kappa shape index (κ3) is 49.8. The molecule has 0 saturated carbocycles. The minimum Gasteiger partial charge on any atom is -0.343 e. The van der Waals surface area contributed by atoms with Crippen molar-refractivity contribution in [3.05, 3.63) is 13.8 Å². The van der Waals surface area contributed by atoms with Crippen LogP contribution in [0.1, 0.15) is 65.2 Å². The monoisotopic (exact) mass is 412 g/mol. The molecule has 0 aromatic heterocycles. The molecule has 132 valence electrons. The standard InChI is InChI=1S/C8H17.C4H9.H3O7PS.Zn/c1-3-5-7-8-6-4-2;1-3-4-2;1-8(2,3)7-9(4,5)6;/h1,3-8H2,2H3;1,3-4H2,2H3;(H2,1,2,3)(H,4,5,6);/q2*-1;;+2. The molecule has 0 saturated heterocycles. The van der Waals surface area contributed by atoms with E-state index in [4.69, 9.17) is 14.3 Å². The van der Waals surface area contributed by atoms with Gasteiger partial charge in [-0.1, -0.05) is 52.4 Å². The van der Waals surface area contributed by atoms with Gasteiger partial charge in [0, 0.05) is 0 Å². The first-order chi connectivity index (χ1) is 9.54. The summed E-state index contributed by atoms with van der Waals surface area (Å²) in [4.78, 5) is 15.4. The number of phosphoric acid groups is 1. The van der Waals surface area contributed by atoms with E-state index < -0.39 is 18.2 Å². The summed E-state index contributed by atoms with van der Waals surface area (Å²) in [5.41, 5.74) is 0. The molecule has 0 aliphatic carbocycles. The molecule has 0 atom stereocenters. The van der Waals surface area contributed by atoms with Crippen LogP contribution < -0.4 is 0 Å². The maximum Gasteiger partial charge on any atom is 2.00 e. The van der Waals surface area contributed by atoms with Crippen LogP contribution in [0, 0.1) is 13.8 Å². The van der Waals surface area contributed by atoms with Crippen LogP contribution in [-0.2, 0) is 38.4 Å². The summed E-state index contributed by atoms with van der Waals surface area (Å²) in [7, 11) is -10.2. The van der Waals surface area contributed by atoms with Crippen LogP contribution in [0.3, 0.4) is 0 Å². The van der Waals surface area contributed by atoms with E-state index in [2.05, 4.69) is 31.7 Å². The van der Waals surface area contributed by atoms with Crippen LogP contribution in [0.4, 0.5) is 0 Å². The minimum atomic E-state index is -5.13. The zero-order valence-corrected chi connectivity index (χ0v) is 18.3. The van der Waals surface area contributed by atoms with Crippen LogP contribution >= 0.6 is 7.82 Å². The maximum atomic E-state index is 9.58. The largest absolute Gasteiger partial charge is 2.00 e. The third-order valence-electron chi connectivity index (χ3n) is 1.90. The van der Waals surface area contributed by atoms with Gasteiger partial charge in [0.2, 0.25) is 0 Å². The van der Waals surface area contributed by atoms with Crippen LogP contribution in [-0.4, -0.2) is 22.8 Å². The van der Waals surface area contributed by atoms with Crippen molar-refractivity contribution in [1.29, 1.82) is 0 Å². The Labute approximate surface area is 148 Å². The van der Waals surface area contributed by atoms with E-state index in [1.54, 1.807) is 0 Å². The topological polar surface area (TPSA) is 121 Å². The van der Waals surface area contributed by atoms with E-state index in [9.17, 15) is 13.0 Å². The molecule has 22 heavy (non-hydrogen) atoms. The average molecular weight is 414 g/mol. The summed E-state index contributed by atoms with van der Waals surface area (Å²) in [5, 5.41) is 0. The molecule has 0 aromatic rings. The Hall–Kier alpha value is 0.643. The molecular formula is C12H29O7PSZn. The average Bonchev–Trinajstić information content (AvgIpc) is 2.31. The van der Waals surface area contributed by atoms with E-state index in [1.807, 2.05) is 0 Å². The van der Waals surface area contributed by atoms with Gasteiger partial charge < -0.3 is 23.6 Å². The fourth-order valence-electron chi connectivity index (χ4n) is 0.903. The Morgan fingerprint density at radius 3 is 1.55 bits per heavy atom. The van der Waals surface area contributed by atoms with E-state index in [1.165, 1.54) is 38.5 Å².